The van der Waals surface area contributed by atoms with Crippen LogP contribution in [0.3, 0.4) is 0 Å². The molecule has 1 fully saturated rings. The Labute approximate surface area is 272 Å². The number of amides is 1. The predicted octanol–water partition coefficient (Wildman–Crippen LogP) is 5.15. The number of nitrogens with one attached hydrogen (secondary N) is 1. The second-order valence-corrected chi connectivity index (χ2v) is 11.9. The summed E-state index contributed by atoms with van der Waals surface area (Å²) in [5.41, 5.74) is 0. The topological polar surface area (TPSA) is 149 Å². The molecule has 0 aromatic heterocycles. The number of rotatable bonds is 26. The molecule has 0 aromatic carbocycles. The number of aliphatic hydroxyl groups excluding tert-OH is 5. The molecule has 1 aliphatic rings. The van der Waals surface area contributed by atoms with Gasteiger partial charge in [-0.15, -0.1) is 0 Å². The Bertz CT molecular complexity index is 843. The molecule has 1 amide bonds. The Balaban J connectivity index is 2.59. The van der Waals surface area contributed by atoms with Crippen molar-refractivity contribution in [3.63, 3.8) is 0 Å². The van der Waals surface area contributed by atoms with Crippen LogP contribution in [0.5, 0.6) is 0 Å². The van der Waals surface area contributed by atoms with E-state index in [1.54, 1.807) is 6.08 Å². The van der Waals surface area contributed by atoms with Crippen molar-refractivity contribution in [1.29, 1.82) is 0 Å². The van der Waals surface area contributed by atoms with E-state index in [0.29, 0.717) is 6.42 Å². The van der Waals surface area contributed by atoms with Gasteiger partial charge in [0.2, 0.25) is 5.91 Å². The Morgan fingerprint density at radius 3 is 1.87 bits per heavy atom. The van der Waals surface area contributed by atoms with Gasteiger partial charge in [-0.3, -0.25) is 4.79 Å². The van der Waals surface area contributed by atoms with Gasteiger partial charge in [-0.05, 0) is 64.2 Å². The van der Waals surface area contributed by atoms with Crippen LogP contribution in [0.15, 0.2) is 48.6 Å². The molecule has 0 aromatic rings. The summed E-state index contributed by atoms with van der Waals surface area (Å²) < 4.78 is 11.1. The molecule has 1 rings (SSSR count). The number of aliphatic hydroxyl groups is 5. The van der Waals surface area contributed by atoms with Crippen molar-refractivity contribution in [2.75, 3.05) is 13.2 Å². The van der Waals surface area contributed by atoms with E-state index in [1.807, 2.05) is 6.08 Å². The first kappa shape index (κ1) is 41.2. The summed E-state index contributed by atoms with van der Waals surface area (Å²) in [7, 11) is 0. The molecule has 6 N–H and O–H groups in total. The van der Waals surface area contributed by atoms with Gasteiger partial charge >= 0.3 is 0 Å². The van der Waals surface area contributed by atoms with Crippen molar-refractivity contribution in [1.82, 2.24) is 5.32 Å². The maximum atomic E-state index is 12.7. The molecule has 1 aliphatic heterocycles. The minimum Gasteiger partial charge on any atom is -0.394 e. The molecule has 0 spiro atoms. The highest BCUT2D eigenvalue weighted by Gasteiger charge is 2.44. The van der Waals surface area contributed by atoms with Crippen LogP contribution in [-0.4, -0.2) is 87.5 Å². The van der Waals surface area contributed by atoms with Crippen molar-refractivity contribution >= 4 is 5.91 Å². The third-order valence-corrected chi connectivity index (χ3v) is 7.85. The van der Waals surface area contributed by atoms with E-state index in [1.165, 1.54) is 44.9 Å². The number of ether oxygens (including phenoxy) is 2. The fourth-order valence-electron chi connectivity index (χ4n) is 4.95. The summed E-state index contributed by atoms with van der Waals surface area (Å²) in [6, 6.07) is -0.838. The van der Waals surface area contributed by atoms with Crippen molar-refractivity contribution in [2.24, 2.45) is 0 Å². The SMILES string of the molecule is CCCCC/C=C/CC/C=C/CC/C=C/C(O)C(COC1OC(CO)C(O)C(O)C1O)NC(=O)CCC/C=C\CCCCCC. The molecule has 0 radical (unpaired) electrons. The predicted molar refractivity (Wildman–Crippen MR) is 179 cm³/mol. The first-order valence-corrected chi connectivity index (χ1v) is 17.4. The first-order chi connectivity index (χ1) is 21.8. The van der Waals surface area contributed by atoms with Crippen molar-refractivity contribution < 1.29 is 39.8 Å². The summed E-state index contributed by atoms with van der Waals surface area (Å²) in [6.07, 6.45) is 24.6. The maximum Gasteiger partial charge on any atom is 0.220 e. The van der Waals surface area contributed by atoms with Gasteiger partial charge in [0.15, 0.2) is 6.29 Å². The van der Waals surface area contributed by atoms with E-state index in [4.69, 9.17) is 9.47 Å². The summed E-state index contributed by atoms with van der Waals surface area (Å²) in [5, 5.41) is 53.6. The Morgan fingerprint density at radius 1 is 0.733 bits per heavy atom. The molecule has 9 heteroatoms. The lowest BCUT2D eigenvalue weighted by molar-refractivity contribution is -0.302. The zero-order chi connectivity index (χ0) is 33.1. The van der Waals surface area contributed by atoms with Crippen LogP contribution in [0.1, 0.15) is 117 Å². The fraction of sp³-hybridized carbons (Fsp3) is 0.750. The number of allylic oxidation sites excluding steroid dienone is 7. The van der Waals surface area contributed by atoms with Gasteiger partial charge < -0.3 is 40.3 Å². The lowest BCUT2D eigenvalue weighted by Crippen LogP contribution is -2.60. The van der Waals surface area contributed by atoms with Gasteiger partial charge in [0.05, 0.1) is 25.4 Å². The van der Waals surface area contributed by atoms with Crippen LogP contribution in [0.25, 0.3) is 0 Å². The highest BCUT2D eigenvalue weighted by atomic mass is 16.7. The molecule has 0 bridgehead atoms. The largest absolute Gasteiger partial charge is 0.394 e. The fourth-order valence-corrected chi connectivity index (χ4v) is 4.95. The van der Waals surface area contributed by atoms with E-state index >= 15 is 0 Å². The standard InChI is InChI=1S/C36H63NO8/c1-3-5-7-9-11-13-14-15-16-18-19-21-23-25-30(39)29(28-44-36-35(43)34(42)33(41)31(27-38)45-36)37-32(40)26-24-22-20-17-12-10-8-6-4-2/h11,13,16-18,20,23,25,29-31,33-36,38-39,41-43H,3-10,12,14-15,19,21-22,24,26-28H2,1-2H3,(H,37,40)/b13-11+,18-16+,20-17-,25-23+. The average molecular weight is 638 g/mol. The quantitative estimate of drug-likeness (QED) is 0.0563. The highest BCUT2D eigenvalue weighted by Crippen LogP contribution is 2.22. The molecular formula is C36H63NO8. The van der Waals surface area contributed by atoms with Gasteiger partial charge in [0.25, 0.3) is 0 Å². The Morgan fingerprint density at radius 2 is 1.27 bits per heavy atom. The lowest BCUT2D eigenvalue weighted by atomic mass is 9.99. The summed E-state index contributed by atoms with van der Waals surface area (Å²) >= 11 is 0. The Hall–Kier alpha value is -1.85. The zero-order valence-electron chi connectivity index (χ0n) is 27.8. The molecule has 0 aliphatic carbocycles. The lowest BCUT2D eigenvalue weighted by Gasteiger charge is -2.40. The van der Waals surface area contributed by atoms with Crippen LogP contribution in [0.4, 0.5) is 0 Å². The highest BCUT2D eigenvalue weighted by molar-refractivity contribution is 5.76. The summed E-state index contributed by atoms with van der Waals surface area (Å²) in [6.45, 7) is 3.61. The second kappa shape index (κ2) is 27.3. The summed E-state index contributed by atoms with van der Waals surface area (Å²) in [5.74, 6) is -0.233. The smallest absolute Gasteiger partial charge is 0.220 e. The monoisotopic (exact) mass is 637 g/mol. The molecular weight excluding hydrogens is 574 g/mol. The number of hydrogen-bond acceptors (Lipinski definition) is 8. The van der Waals surface area contributed by atoms with E-state index in [9.17, 15) is 30.3 Å². The molecule has 7 atom stereocenters. The first-order valence-electron chi connectivity index (χ1n) is 17.4. The van der Waals surface area contributed by atoms with E-state index in [2.05, 4.69) is 55.6 Å². The molecule has 9 nitrogen and oxygen atoms in total. The molecule has 1 saturated heterocycles. The molecule has 45 heavy (non-hydrogen) atoms. The number of carbonyl (C=O) groups excluding carboxylic acids is 1. The normalized spacial score (nSPS) is 23.9. The minimum atomic E-state index is -1.58. The molecule has 0 saturated carbocycles. The van der Waals surface area contributed by atoms with Crippen molar-refractivity contribution in [2.45, 2.75) is 159 Å². The van der Waals surface area contributed by atoms with Crippen LogP contribution >= 0.6 is 0 Å². The molecule has 260 valence electrons. The van der Waals surface area contributed by atoms with Crippen LogP contribution in [0, 0.1) is 0 Å². The molecule has 7 unspecified atom stereocenters. The van der Waals surface area contributed by atoms with Crippen LogP contribution in [0.2, 0.25) is 0 Å². The average Bonchev–Trinajstić information content (AvgIpc) is 3.04. The Kier molecular flexibility index (Phi) is 25.0. The minimum absolute atomic E-state index is 0.219. The third-order valence-electron chi connectivity index (χ3n) is 7.85. The summed E-state index contributed by atoms with van der Waals surface area (Å²) in [4.78, 5) is 12.7. The maximum absolute atomic E-state index is 12.7. The van der Waals surface area contributed by atoms with Gasteiger partial charge in [0.1, 0.15) is 24.4 Å². The van der Waals surface area contributed by atoms with Gasteiger partial charge in [0, 0.05) is 6.42 Å². The van der Waals surface area contributed by atoms with Crippen molar-refractivity contribution in [3.8, 4) is 0 Å². The van der Waals surface area contributed by atoms with Gasteiger partial charge in [-0.2, -0.15) is 0 Å². The zero-order valence-corrected chi connectivity index (χ0v) is 27.8. The van der Waals surface area contributed by atoms with E-state index in [-0.39, 0.29) is 18.9 Å². The van der Waals surface area contributed by atoms with Gasteiger partial charge in [-0.1, -0.05) is 94.6 Å². The van der Waals surface area contributed by atoms with Crippen molar-refractivity contribution in [3.05, 3.63) is 48.6 Å². The third kappa shape index (κ3) is 19.4. The number of unbranched alkanes of at least 4 members (excludes halogenated alkanes) is 10. The van der Waals surface area contributed by atoms with Crippen LogP contribution in [-0.2, 0) is 14.3 Å². The number of carbonyl (C=O) groups is 1. The number of hydrogen-bond donors (Lipinski definition) is 6. The second-order valence-electron chi connectivity index (χ2n) is 11.9. The van der Waals surface area contributed by atoms with E-state index in [0.717, 1.165) is 44.9 Å². The van der Waals surface area contributed by atoms with Gasteiger partial charge in [-0.25, -0.2) is 0 Å². The van der Waals surface area contributed by atoms with Crippen LogP contribution < -0.4 is 5.32 Å². The molecule has 1 heterocycles. The van der Waals surface area contributed by atoms with E-state index < -0.39 is 49.5 Å².